The lowest BCUT2D eigenvalue weighted by Crippen LogP contribution is -2.09. The Balaban J connectivity index is 2.38. The van der Waals surface area contributed by atoms with Crippen molar-refractivity contribution in [3.05, 3.63) is 34.1 Å². The van der Waals surface area contributed by atoms with E-state index in [0.29, 0.717) is 11.4 Å². The van der Waals surface area contributed by atoms with Crippen molar-refractivity contribution in [2.45, 2.75) is 50.1 Å². The first-order valence-electron chi connectivity index (χ1n) is 7.24. The lowest BCUT2D eigenvalue weighted by atomic mass is 9.96. The van der Waals surface area contributed by atoms with E-state index in [-0.39, 0.29) is 15.5 Å². The van der Waals surface area contributed by atoms with Crippen LogP contribution in [0, 0.1) is 13.8 Å². The first-order valence-corrected chi connectivity index (χ1v) is 9.71. The van der Waals surface area contributed by atoms with Crippen molar-refractivity contribution in [2.24, 2.45) is 0 Å². The van der Waals surface area contributed by atoms with E-state index in [4.69, 9.17) is 4.74 Å². The molecule has 0 aromatic carbocycles. The summed E-state index contributed by atoms with van der Waals surface area (Å²) in [6.07, 6.45) is 3.28. The van der Waals surface area contributed by atoms with Gasteiger partial charge in [0.15, 0.2) is 0 Å². The van der Waals surface area contributed by atoms with Gasteiger partial charge in [-0.2, -0.15) is 0 Å². The highest BCUT2D eigenvalue weighted by Crippen LogP contribution is 2.32. The van der Waals surface area contributed by atoms with Gasteiger partial charge in [-0.3, -0.25) is 4.98 Å². The molecule has 126 valence electrons. The van der Waals surface area contributed by atoms with Gasteiger partial charge in [0.25, 0.3) is 0 Å². The zero-order chi connectivity index (χ0) is 17.4. The summed E-state index contributed by atoms with van der Waals surface area (Å²) in [6.45, 7) is 9.81. The minimum Gasteiger partial charge on any atom is -0.496 e. The van der Waals surface area contributed by atoms with E-state index in [1.54, 1.807) is 19.5 Å². The van der Waals surface area contributed by atoms with Crippen LogP contribution < -0.4 is 4.74 Å². The lowest BCUT2D eigenvalue weighted by molar-refractivity contribution is 0.407. The third kappa shape index (κ3) is 3.72. The van der Waals surface area contributed by atoms with Crippen LogP contribution in [0.3, 0.4) is 0 Å². The standard InChI is InChI=1S/C16H22N2O3S2/c1-10-7-17-12(11(2)14(10)21-6)9-23(19,20)15-18-8-13(22-15)16(3,4)5/h7-8H,9H2,1-6H3. The Hall–Kier alpha value is -1.47. The Bertz CT molecular complexity index is 818. The lowest BCUT2D eigenvalue weighted by Gasteiger charge is -2.14. The number of nitrogens with zero attached hydrogens (tertiary/aromatic N) is 2. The highest BCUT2D eigenvalue weighted by Gasteiger charge is 2.25. The minimum absolute atomic E-state index is 0.118. The molecule has 0 unspecified atom stereocenters. The topological polar surface area (TPSA) is 69.2 Å². The first-order chi connectivity index (χ1) is 10.6. The van der Waals surface area contributed by atoms with E-state index in [0.717, 1.165) is 16.0 Å². The molecule has 0 radical (unpaired) electrons. The van der Waals surface area contributed by atoms with Gasteiger partial charge >= 0.3 is 0 Å². The van der Waals surface area contributed by atoms with Crippen LogP contribution in [0.2, 0.25) is 0 Å². The fourth-order valence-electron chi connectivity index (χ4n) is 2.21. The molecule has 0 aliphatic heterocycles. The molecule has 2 aromatic rings. The molecule has 0 saturated carbocycles. The summed E-state index contributed by atoms with van der Waals surface area (Å²) in [7, 11) is -1.95. The predicted octanol–water partition coefficient (Wildman–Crippen LogP) is 3.43. The number of pyridine rings is 1. The third-order valence-electron chi connectivity index (χ3n) is 3.57. The van der Waals surface area contributed by atoms with E-state index in [2.05, 4.69) is 9.97 Å². The molecule has 0 bridgehead atoms. The molecule has 0 aliphatic rings. The first kappa shape index (κ1) is 17.9. The Morgan fingerprint density at radius 3 is 2.35 bits per heavy atom. The summed E-state index contributed by atoms with van der Waals surface area (Å²) in [5, 5.41) is 0. The molecule has 23 heavy (non-hydrogen) atoms. The van der Waals surface area contributed by atoms with Crippen molar-refractivity contribution in [1.29, 1.82) is 0 Å². The summed E-state index contributed by atoms with van der Waals surface area (Å²) in [4.78, 5) is 9.33. The van der Waals surface area contributed by atoms with Crippen LogP contribution in [0.15, 0.2) is 16.7 Å². The molecule has 7 heteroatoms. The van der Waals surface area contributed by atoms with E-state index < -0.39 is 9.84 Å². The number of hydrogen-bond donors (Lipinski definition) is 0. The van der Waals surface area contributed by atoms with Gasteiger partial charge in [0.1, 0.15) is 5.75 Å². The molecular weight excluding hydrogens is 332 g/mol. The van der Waals surface area contributed by atoms with Crippen LogP contribution in [0.25, 0.3) is 0 Å². The highest BCUT2D eigenvalue weighted by molar-refractivity contribution is 7.92. The number of hydrogen-bond acceptors (Lipinski definition) is 6. The number of methoxy groups -OCH3 is 1. The third-order valence-corrected chi connectivity index (χ3v) is 7.09. The monoisotopic (exact) mass is 354 g/mol. The second kappa shape index (κ2) is 6.20. The Kier molecular flexibility index (Phi) is 4.82. The van der Waals surface area contributed by atoms with E-state index in [1.165, 1.54) is 11.3 Å². The molecule has 0 N–H and O–H groups in total. The van der Waals surface area contributed by atoms with Crippen molar-refractivity contribution in [3.63, 3.8) is 0 Å². The largest absolute Gasteiger partial charge is 0.496 e. The Morgan fingerprint density at radius 1 is 1.17 bits per heavy atom. The van der Waals surface area contributed by atoms with Gasteiger partial charge < -0.3 is 4.74 Å². The molecule has 2 aromatic heterocycles. The number of ether oxygens (including phenoxy) is 1. The van der Waals surface area contributed by atoms with Crippen LogP contribution in [0.1, 0.15) is 42.5 Å². The van der Waals surface area contributed by atoms with Crippen LogP contribution >= 0.6 is 11.3 Å². The molecule has 0 saturated heterocycles. The van der Waals surface area contributed by atoms with Gasteiger partial charge in [0.2, 0.25) is 14.2 Å². The van der Waals surface area contributed by atoms with Crippen molar-refractivity contribution in [2.75, 3.05) is 7.11 Å². The average molecular weight is 354 g/mol. The quantitative estimate of drug-likeness (QED) is 0.841. The number of sulfone groups is 1. The van der Waals surface area contributed by atoms with Crippen LogP contribution in [-0.2, 0) is 21.0 Å². The molecule has 0 aliphatic carbocycles. The van der Waals surface area contributed by atoms with Crippen LogP contribution in [0.4, 0.5) is 0 Å². The molecule has 2 heterocycles. The molecular formula is C16H22N2O3S2. The van der Waals surface area contributed by atoms with Gasteiger partial charge in [-0.05, 0) is 19.3 Å². The maximum atomic E-state index is 12.6. The zero-order valence-corrected chi connectivity index (χ0v) is 15.9. The summed E-state index contributed by atoms with van der Waals surface area (Å²) >= 11 is 1.23. The molecule has 0 atom stereocenters. The fourth-order valence-corrected chi connectivity index (χ4v) is 4.85. The summed E-state index contributed by atoms with van der Waals surface area (Å²) < 4.78 is 30.8. The predicted molar refractivity (Wildman–Crippen MR) is 92.0 cm³/mol. The zero-order valence-electron chi connectivity index (χ0n) is 14.3. The van der Waals surface area contributed by atoms with E-state index in [1.807, 2.05) is 34.6 Å². The number of aromatic nitrogens is 2. The number of aryl methyl sites for hydroxylation is 1. The van der Waals surface area contributed by atoms with Crippen molar-refractivity contribution >= 4 is 21.2 Å². The van der Waals surface area contributed by atoms with Crippen LogP contribution in [0.5, 0.6) is 5.75 Å². The average Bonchev–Trinajstić information content (AvgIpc) is 2.93. The molecule has 5 nitrogen and oxygen atoms in total. The molecule has 0 amide bonds. The van der Waals surface area contributed by atoms with Crippen molar-refractivity contribution in [3.8, 4) is 5.75 Å². The van der Waals surface area contributed by atoms with Gasteiger partial charge in [0, 0.05) is 28.4 Å². The van der Waals surface area contributed by atoms with Crippen molar-refractivity contribution in [1.82, 2.24) is 9.97 Å². The minimum atomic E-state index is -3.52. The Morgan fingerprint density at radius 2 is 1.83 bits per heavy atom. The van der Waals surface area contributed by atoms with Gasteiger partial charge in [-0.1, -0.05) is 20.8 Å². The maximum Gasteiger partial charge on any atom is 0.211 e. The van der Waals surface area contributed by atoms with E-state index >= 15 is 0 Å². The van der Waals surface area contributed by atoms with Crippen molar-refractivity contribution < 1.29 is 13.2 Å². The highest BCUT2D eigenvalue weighted by atomic mass is 32.2. The maximum absolute atomic E-state index is 12.6. The number of thiazole rings is 1. The Labute approximate surface area is 141 Å². The second-order valence-corrected chi connectivity index (χ2v) is 9.74. The van der Waals surface area contributed by atoms with Gasteiger partial charge in [-0.15, -0.1) is 11.3 Å². The molecule has 0 spiro atoms. The summed E-state index contributed by atoms with van der Waals surface area (Å²) in [5.74, 6) is 0.506. The van der Waals surface area contributed by atoms with Gasteiger partial charge in [-0.25, -0.2) is 13.4 Å². The SMILES string of the molecule is COc1c(C)cnc(CS(=O)(=O)c2ncc(C(C)(C)C)s2)c1C. The van der Waals surface area contributed by atoms with E-state index in [9.17, 15) is 8.42 Å². The second-order valence-electron chi connectivity index (χ2n) is 6.55. The molecule has 0 fully saturated rings. The number of rotatable bonds is 4. The fraction of sp³-hybridized carbons (Fsp3) is 0.500. The summed E-state index contributed by atoms with van der Waals surface area (Å²) in [6, 6.07) is 0. The summed E-state index contributed by atoms with van der Waals surface area (Å²) in [5.41, 5.74) is 2.02. The normalized spacial score (nSPS) is 12.4. The smallest absolute Gasteiger partial charge is 0.211 e. The van der Waals surface area contributed by atoms with Crippen LogP contribution in [-0.4, -0.2) is 25.5 Å². The van der Waals surface area contributed by atoms with Gasteiger partial charge in [0.05, 0.1) is 18.6 Å². The molecule has 2 rings (SSSR count).